The minimum absolute atomic E-state index is 0.248. The second-order valence-electron chi connectivity index (χ2n) is 6.94. The Bertz CT molecular complexity index is 583. The first-order chi connectivity index (χ1) is 11.6. The smallest absolute Gasteiger partial charge is 0.217 e. The monoisotopic (exact) mass is 328 g/mol. The zero-order valence-electron chi connectivity index (χ0n) is 15.2. The van der Waals surface area contributed by atoms with Crippen molar-refractivity contribution in [2.45, 2.75) is 52.6 Å². The van der Waals surface area contributed by atoms with Crippen LogP contribution in [-0.4, -0.2) is 37.1 Å². The molecule has 0 saturated carbocycles. The van der Waals surface area contributed by atoms with Crippen LogP contribution in [0.1, 0.15) is 51.7 Å². The summed E-state index contributed by atoms with van der Waals surface area (Å²) in [5, 5.41) is 0. The summed E-state index contributed by atoms with van der Waals surface area (Å²) in [6, 6.07) is 8.63. The Balaban J connectivity index is 1.87. The van der Waals surface area contributed by atoms with E-state index in [1.807, 2.05) is 12.1 Å². The van der Waals surface area contributed by atoms with Crippen LogP contribution in [0.25, 0.3) is 0 Å². The van der Waals surface area contributed by atoms with Crippen LogP contribution < -0.4 is 0 Å². The molecular formula is C20H28N2O2. The van der Waals surface area contributed by atoms with Crippen molar-refractivity contribution in [1.29, 1.82) is 0 Å². The Morgan fingerprint density at radius 3 is 1.67 bits per heavy atom. The maximum absolute atomic E-state index is 5.91. The Morgan fingerprint density at radius 1 is 0.875 bits per heavy atom. The summed E-state index contributed by atoms with van der Waals surface area (Å²) in [6.07, 6.45) is 2.22. The molecule has 1 aromatic carbocycles. The van der Waals surface area contributed by atoms with Gasteiger partial charge in [0.15, 0.2) is 0 Å². The lowest BCUT2D eigenvalue weighted by atomic mass is 10.0. The minimum atomic E-state index is 0.248. The van der Waals surface area contributed by atoms with Gasteiger partial charge in [-0.2, -0.15) is 0 Å². The lowest BCUT2D eigenvalue weighted by Crippen LogP contribution is -2.16. The number of hydrogen-bond donors (Lipinski definition) is 0. The van der Waals surface area contributed by atoms with Crippen LogP contribution in [0.5, 0.6) is 0 Å². The number of aliphatic imine (C=N–C) groups is 2. The van der Waals surface area contributed by atoms with Crippen LogP contribution in [0.15, 0.2) is 34.3 Å². The topological polar surface area (TPSA) is 43.2 Å². The van der Waals surface area contributed by atoms with Crippen LogP contribution in [0.2, 0.25) is 0 Å². The van der Waals surface area contributed by atoms with Crippen LogP contribution in [0.4, 0.5) is 0 Å². The summed E-state index contributed by atoms with van der Waals surface area (Å²) in [5.74, 6) is 2.53. The molecule has 1 aromatic rings. The normalized spacial score (nSPS) is 25.5. The first-order valence-electron chi connectivity index (χ1n) is 9.15. The van der Waals surface area contributed by atoms with Crippen LogP contribution in [0.3, 0.4) is 0 Å². The average molecular weight is 328 g/mol. The molecule has 2 aliphatic rings. The molecule has 0 aliphatic carbocycles. The van der Waals surface area contributed by atoms with E-state index in [9.17, 15) is 0 Å². The van der Waals surface area contributed by atoms with Gasteiger partial charge in [-0.3, -0.25) is 0 Å². The molecule has 4 unspecified atom stereocenters. The van der Waals surface area contributed by atoms with Gasteiger partial charge in [-0.15, -0.1) is 0 Å². The SMILES string of the molecule is CCC(C)C1COC(c2ccccc2C2=NC(C(C)CC)CO2)=N1. The Hall–Kier alpha value is -1.84. The molecule has 0 spiro atoms. The van der Waals surface area contributed by atoms with Gasteiger partial charge in [0.05, 0.1) is 12.1 Å². The highest BCUT2D eigenvalue weighted by atomic mass is 16.5. The standard InChI is InChI=1S/C20H28N2O2/c1-5-13(3)17-11-23-19(21-17)15-9-7-8-10-16(15)20-22-18(12-24-20)14(4)6-2/h7-10,13-14,17-18H,5-6,11-12H2,1-4H3. The van der Waals surface area contributed by atoms with Gasteiger partial charge in [-0.1, -0.05) is 52.7 Å². The third-order valence-corrected chi connectivity index (χ3v) is 5.34. The summed E-state index contributed by atoms with van der Waals surface area (Å²) < 4.78 is 11.8. The predicted molar refractivity (Wildman–Crippen MR) is 97.9 cm³/mol. The maximum Gasteiger partial charge on any atom is 0.217 e. The number of benzene rings is 1. The van der Waals surface area contributed by atoms with Crippen molar-refractivity contribution in [3.63, 3.8) is 0 Å². The molecule has 0 radical (unpaired) electrons. The third-order valence-electron chi connectivity index (χ3n) is 5.34. The molecule has 0 fully saturated rings. The van der Waals surface area contributed by atoms with E-state index in [0.29, 0.717) is 25.0 Å². The number of hydrogen-bond acceptors (Lipinski definition) is 4. The lowest BCUT2D eigenvalue weighted by Gasteiger charge is -2.11. The fourth-order valence-corrected chi connectivity index (χ4v) is 3.06. The summed E-state index contributed by atoms with van der Waals surface area (Å²) >= 11 is 0. The molecule has 2 heterocycles. The zero-order valence-corrected chi connectivity index (χ0v) is 15.2. The minimum Gasteiger partial charge on any atom is -0.475 e. The third kappa shape index (κ3) is 3.33. The van der Waals surface area contributed by atoms with E-state index in [1.54, 1.807) is 0 Å². The van der Waals surface area contributed by atoms with Crippen molar-refractivity contribution in [2.75, 3.05) is 13.2 Å². The molecule has 4 atom stereocenters. The number of rotatable bonds is 6. The summed E-state index contributed by atoms with van der Waals surface area (Å²) in [6.45, 7) is 10.2. The van der Waals surface area contributed by atoms with Crippen LogP contribution in [-0.2, 0) is 9.47 Å². The van der Waals surface area contributed by atoms with E-state index in [1.165, 1.54) is 0 Å². The van der Waals surface area contributed by atoms with Gasteiger partial charge in [-0.25, -0.2) is 9.98 Å². The highest BCUT2D eigenvalue weighted by Crippen LogP contribution is 2.25. The van der Waals surface area contributed by atoms with Crippen molar-refractivity contribution in [3.05, 3.63) is 35.4 Å². The lowest BCUT2D eigenvalue weighted by molar-refractivity contribution is 0.280. The molecule has 4 nitrogen and oxygen atoms in total. The van der Waals surface area contributed by atoms with Crippen molar-refractivity contribution >= 4 is 11.8 Å². The van der Waals surface area contributed by atoms with E-state index >= 15 is 0 Å². The van der Waals surface area contributed by atoms with Gasteiger partial charge in [0.25, 0.3) is 0 Å². The fourth-order valence-electron chi connectivity index (χ4n) is 3.06. The average Bonchev–Trinajstić information content (AvgIpc) is 3.30. The van der Waals surface area contributed by atoms with Crippen molar-refractivity contribution in [3.8, 4) is 0 Å². The summed E-state index contributed by atoms with van der Waals surface area (Å²) in [4.78, 5) is 9.63. The van der Waals surface area contributed by atoms with Crippen molar-refractivity contribution < 1.29 is 9.47 Å². The van der Waals surface area contributed by atoms with E-state index < -0.39 is 0 Å². The Morgan fingerprint density at radius 2 is 1.29 bits per heavy atom. The quantitative estimate of drug-likeness (QED) is 0.790. The zero-order chi connectivity index (χ0) is 17.1. The van der Waals surface area contributed by atoms with E-state index in [2.05, 4.69) is 39.8 Å². The molecule has 0 saturated heterocycles. The van der Waals surface area contributed by atoms with E-state index in [0.717, 1.165) is 35.8 Å². The van der Waals surface area contributed by atoms with Crippen LogP contribution >= 0.6 is 0 Å². The van der Waals surface area contributed by atoms with E-state index in [-0.39, 0.29) is 12.1 Å². The van der Waals surface area contributed by atoms with Gasteiger partial charge in [0, 0.05) is 11.1 Å². The largest absolute Gasteiger partial charge is 0.475 e. The van der Waals surface area contributed by atoms with Crippen molar-refractivity contribution in [1.82, 2.24) is 0 Å². The van der Waals surface area contributed by atoms with Crippen molar-refractivity contribution in [2.24, 2.45) is 21.8 Å². The molecule has 3 rings (SSSR count). The van der Waals surface area contributed by atoms with Gasteiger partial charge in [-0.05, 0) is 24.0 Å². The molecular weight excluding hydrogens is 300 g/mol. The first kappa shape index (κ1) is 17.0. The number of ether oxygens (including phenoxy) is 2. The number of nitrogens with zero attached hydrogens (tertiary/aromatic N) is 2. The second kappa shape index (κ2) is 7.37. The van der Waals surface area contributed by atoms with Gasteiger partial charge < -0.3 is 9.47 Å². The highest BCUT2D eigenvalue weighted by Gasteiger charge is 2.29. The van der Waals surface area contributed by atoms with E-state index in [4.69, 9.17) is 19.5 Å². The van der Waals surface area contributed by atoms with Gasteiger partial charge in [0.1, 0.15) is 13.2 Å². The molecule has 0 amide bonds. The van der Waals surface area contributed by atoms with Gasteiger partial charge >= 0.3 is 0 Å². The molecule has 0 bridgehead atoms. The highest BCUT2D eigenvalue weighted by molar-refractivity contribution is 6.08. The molecule has 24 heavy (non-hydrogen) atoms. The summed E-state index contributed by atoms with van der Waals surface area (Å²) in [7, 11) is 0. The van der Waals surface area contributed by atoms with Crippen LogP contribution in [0, 0.1) is 11.8 Å². The Labute approximate surface area is 145 Å². The molecule has 4 heteroatoms. The molecule has 0 N–H and O–H groups in total. The molecule has 2 aliphatic heterocycles. The fraction of sp³-hybridized carbons (Fsp3) is 0.600. The molecule has 130 valence electrons. The Kier molecular flexibility index (Phi) is 5.22. The maximum atomic E-state index is 5.91. The molecule has 0 aromatic heterocycles. The summed E-state index contributed by atoms with van der Waals surface area (Å²) in [5.41, 5.74) is 1.98. The second-order valence-corrected chi connectivity index (χ2v) is 6.94. The first-order valence-corrected chi connectivity index (χ1v) is 9.15. The van der Waals surface area contributed by atoms with Gasteiger partial charge in [0.2, 0.25) is 11.8 Å². The predicted octanol–water partition coefficient (Wildman–Crippen LogP) is 4.07.